The van der Waals surface area contributed by atoms with Crippen LogP contribution in [0.5, 0.6) is 0 Å². The second kappa shape index (κ2) is 11.0. The largest absolute Gasteiger partial charge is 0.481 e. The second-order valence-corrected chi connectivity index (χ2v) is 11.0. The number of aliphatic carboxylic acids is 1. The Kier molecular flexibility index (Phi) is 7.98. The predicted octanol–water partition coefficient (Wildman–Crippen LogP) is 5.00. The Morgan fingerprint density at radius 3 is 2.74 bits per heavy atom. The number of benzene rings is 1. The van der Waals surface area contributed by atoms with Gasteiger partial charge in [0.05, 0.1) is 4.91 Å². The van der Waals surface area contributed by atoms with Gasteiger partial charge in [0.15, 0.2) is 11.6 Å². The molecule has 11 heteroatoms. The van der Waals surface area contributed by atoms with Crippen LogP contribution in [0.4, 0.5) is 8.78 Å². The maximum atomic E-state index is 13.6. The van der Waals surface area contributed by atoms with Crippen LogP contribution in [0.2, 0.25) is 0 Å². The molecule has 1 aromatic heterocycles. The highest BCUT2D eigenvalue weighted by atomic mass is 32.2. The van der Waals surface area contributed by atoms with Crippen molar-refractivity contribution in [3.8, 4) is 11.1 Å². The third kappa shape index (κ3) is 6.14. The third-order valence-electron chi connectivity index (χ3n) is 5.90. The lowest BCUT2D eigenvalue weighted by Crippen LogP contribution is -2.42. The third-order valence-corrected chi connectivity index (χ3v) is 8.16. The maximum Gasteiger partial charge on any atom is 0.303 e. The second-order valence-electron chi connectivity index (χ2n) is 8.40. The summed E-state index contributed by atoms with van der Waals surface area (Å²) < 4.78 is 27.1. The van der Waals surface area contributed by atoms with E-state index in [4.69, 9.17) is 17.3 Å². The van der Waals surface area contributed by atoms with E-state index in [9.17, 15) is 23.2 Å². The Labute approximate surface area is 214 Å². The Morgan fingerprint density at radius 1 is 1.20 bits per heavy atom. The molecule has 1 atom stereocenters. The molecule has 2 saturated heterocycles. The fraction of sp³-hybridized carbons (Fsp3) is 0.333. The molecule has 184 valence electrons. The summed E-state index contributed by atoms with van der Waals surface area (Å²) in [6.45, 7) is 1.17. The molecule has 0 saturated carbocycles. The smallest absolute Gasteiger partial charge is 0.303 e. The molecular weight excluding hydrogens is 514 g/mol. The van der Waals surface area contributed by atoms with E-state index in [1.54, 1.807) is 22.4 Å². The van der Waals surface area contributed by atoms with Crippen molar-refractivity contribution in [3.63, 3.8) is 0 Å². The predicted molar refractivity (Wildman–Crippen MR) is 136 cm³/mol. The minimum Gasteiger partial charge on any atom is -0.481 e. The Morgan fingerprint density at radius 2 is 2.00 bits per heavy atom. The average Bonchev–Trinajstić information content (AvgIpc) is 3.38. The molecule has 6 nitrogen and oxygen atoms in total. The van der Waals surface area contributed by atoms with Gasteiger partial charge in [-0.25, -0.2) is 8.78 Å². The van der Waals surface area contributed by atoms with Crippen molar-refractivity contribution in [1.29, 1.82) is 0 Å². The van der Waals surface area contributed by atoms with Gasteiger partial charge in [-0.1, -0.05) is 30.0 Å². The van der Waals surface area contributed by atoms with E-state index in [1.165, 1.54) is 22.3 Å². The Balaban J connectivity index is 1.37. The number of carbonyl (C=O) groups excluding carboxylic acids is 2. The van der Waals surface area contributed by atoms with Gasteiger partial charge in [-0.05, 0) is 59.5 Å². The van der Waals surface area contributed by atoms with E-state index in [-0.39, 0.29) is 37.1 Å². The molecule has 2 amide bonds. The molecule has 35 heavy (non-hydrogen) atoms. The Bertz CT molecular complexity index is 1210. The highest BCUT2D eigenvalue weighted by Crippen LogP contribution is 2.35. The summed E-state index contributed by atoms with van der Waals surface area (Å²) in [5, 5.41) is 10.8. The number of hydrogen-bond donors (Lipinski definition) is 1. The maximum absolute atomic E-state index is 13.6. The van der Waals surface area contributed by atoms with Crippen LogP contribution in [-0.4, -0.2) is 56.6 Å². The van der Waals surface area contributed by atoms with Gasteiger partial charge in [-0.3, -0.25) is 19.3 Å². The average molecular weight is 537 g/mol. The fourth-order valence-electron chi connectivity index (χ4n) is 4.15. The number of amides is 2. The molecular formula is C24H22F2N2O4S3. The van der Waals surface area contributed by atoms with Gasteiger partial charge in [0.1, 0.15) is 4.32 Å². The summed E-state index contributed by atoms with van der Waals surface area (Å²) in [6.07, 6.45) is 3.41. The first-order valence-corrected chi connectivity index (χ1v) is 13.1. The van der Waals surface area contributed by atoms with Gasteiger partial charge in [0, 0.05) is 37.4 Å². The summed E-state index contributed by atoms with van der Waals surface area (Å²) in [5.41, 5.74) is 1.25. The molecule has 0 bridgehead atoms. The fourth-order valence-corrected chi connectivity index (χ4v) is 6.37. The number of carboxylic acid groups (broad SMARTS) is 1. The van der Waals surface area contributed by atoms with Crippen LogP contribution in [0.3, 0.4) is 0 Å². The van der Waals surface area contributed by atoms with Crippen LogP contribution >= 0.6 is 35.3 Å². The SMILES string of the molecule is O=C(O)C[C@H]1CCCN(C(=O)CCN2C(=O)C(=Cc3cc(-c4ccc(F)c(F)c4)cs3)SC2=S)C1. The number of thiophene rings is 1. The van der Waals surface area contributed by atoms with Gasteiger partial charge in [0.25, 0.3) is 5.91 Å². The number of carbonyl (C=O) groups is 3. The topological polar surface area (TPSA) is 77.9 Å². The van der Waals surface area contributed by atoms with Gasteiger partial charge in [0.2, 0.25) is 5.91 Å². The summed E-state index contributed by atoms with van der Waals surface area (Å²) in [4.78, 5) is 40.9. The minimum absolute atomic E-state index is 0.0454. The first kappa shape index (κ1) is 25.5. The van der Waals surface area contributed by atoms with Crippen molar-refractivity contribution in [2.45, 2.75) is 25.7 Å². The lowest BCUT2D eigenvalue weighted by molar-refractivity contribution is -0.141. The number of likely N-dealkylation sites (tertiary alicyclic amines) is 1. The first-order valence-electron chi connectivity index (χ1n) is 11.0. The Hall–Kier alpha value is -2.63. The number of rotatable bonds is 7. The van der Waals surface area contributed by atoms with E-state index < -0.39 is 17.6 Å². The summed E-state index contributed by atoms with van der Waals surface area (Å²) in [5.74, 6) is -3.15. The minimum atomic E-state index is -0.923. The van der Waals surface area contributed by atoms with Crippen molar-refractivity contribution in [2.24, 2.45) is 5.92 Å². The van der Waals surface area contributed by atoms with E-state index >= 15 is 0 Å². The zero-order valence-corrected chi connectivity index (χ0v) is 21.0. The molecule has 2 aromatic rings. The van der Waals surface area contributed by atoms with Crippen molar-refractivity contribution in [2.75, 3.05) is 19.6 Å². The van der Waals surface area contributed by atoms with Crippen LogP contribution < -0.4 is 0 Å². The molecule has 0 radical (unpaired) electrons. The number of halogens is 2. The molecule has 2 aliphatic rings. The highest BCUT2D eigenvalue weighted by Gasteiger charge is 2.33. The van der Waals surface area contributed by atoms with E-state index in [0.717, 1.165) is 41.6 Å². The first-order chi connectivity index (χ1) is 16.7. The molecule has 2 fully saturated rings. The summed E-state index contributed by atoms with van der Waals surface area (Å²) >= 11 is 7.88. The van der Waals surface area contributed by atoms with Crippen molar-refractivity contribution >= 4 is 63.5 Å². The van der Waals surface area contributed by atoms with Crippen molar-refractivity contribution in [1.82, 2.24) is 9.80 Å². The highest BCUT2D eigenvalue weighted by molar-refractivity contribution is 8.26. The van der Waals surface area contributed by atoms with E-state index in [2.05, 4.69) is 0 Å². The van der Waals surface area contributed by atoms with Crippen LogP contribution in [0.15, 0.2) is 34.6 Å². The number of thioether (sulfide) groups is 1. The van der Waals surface area contributed by atoms with Gasteiger partial charge in [-0.2, -0.15) is 0 Å². The monoisotopic (exact) mass is 536 g/mol. The molecule has 4 rings (SSSR count). The van der Waals surface area contributed by atoms with Crippen LogP contribution in [0, 0.1) is 17.6 Å². The van der Waals surface area contributed by atoms with Gasteiger partial charge < -0.3 is 10.0 Å². The number of hydrogen-bond acceptors (Lipinski definition) is 6. The molecule has 1 aromatic carbocycles. The van der Waals surface area contributed by atoms with Gasteiger partial charge >= 0.3 is 5.97 Å². The molecule has 0 spiro atoms. The van der Waals surface area contributed by atoms with E-state index in [0.29, 0.717) is 33.4 Å². The number of thiocarbonyl (C=S) groups is 1. The molecule has 1 N–H and O–H groups in total. The number of piperidine rings is 1. The number of carboxylic acids is 1. The quantitative estimate of drug-likeness (QED) is 0.397. The zero-order chi connectivity index (χ0) is 25.1. The van der Waals surface area contributed by atoms with Crippen LogP contribution in [0.1, 0.15) is 30.6 Å². The molecule has 2 aliphatic heterocycles. The lowest BCUT2D eigenvalue weighted by atomic mass is 9.94. The van der Waals surface area contributed by atoms with Gasteiger partial charge in [-0.15, -0.1) is 11.3 Å². The van der Waals surface area contributed by atoms with E-state index in [1.807, 2.05) is 0 Å². The summed E-state index contributed by atoms with van der Waals surface area (Å²) in [6, 6.07) is 5.48. The van der Waals surface area contributed by atoms with Crippen LogP contribution in [-0.2, 0) is 14.4 Å². The zero-order valence-electron chi connectivity index (χ0n) is 18.5. The standard InChI is InChI=1S/C24H22F2N2O4S3/c25-18-4-3-15(10-19(18)26)16-9-17(34-13-16)11-20-23(32)28(24(33)35-20)7-5-21(29)27-6-1-2-14(12-27)8-22(30)31/h3-4,9-11,13-14H,1-2,5-8,12H2,(H,30,31)/t14-/m1/s1. The molecule has 0 unspecified atom stereocenters. The lowest BCUT2D eigenvalue weighted by Gasteiger charge is -2.32. The number of nitrogens with zero attached hydrogens (tertiary/aromatic N) is 2. The summed E-state index contributed by atoms with van der Waals surface area (Å²) in [7, 11) is 0. The normalized spacial score (nSPS) is 19.6. The molecule has 3 heterocycles. The van der Waals surface area contributed by atoms with Crippen molar-refractivity contribution in [3.05, 3.63) is 51.1 Å². The van der Waals surface area contributed by atoms with Crippen molar-refractivity contribution < 1.29 is 28.3 Å². The molecule has 0 aliphatic carbocycles. The van der Waals surface area contributed by atoms with Crippen LogP contribution in [0.25, 0.3) is 17.2 Å².